The summed E-state index contributed by atoms with van der Waals surface area (Å²) in [6.07, 6.45) is 0. The number of benzene rings is 2. The predicted octanol–water partition coefficient (Wildman–Crippen LogP) is 2.80. The average molecular weight is 270 g/mol. The fourth-order valence-electron chi connectivity index (χ4n) is 2.16. The molecule has 0 aromatic heterocycles. The van der Waals surface area contributed by atoms with E-state index < -0.39 is 11.8 Å². The molecule has 0 unspecified atom stereocenters. The summed E-state index contributed by atoms with van der Waals surface area (Å²) in [7, 11) is 0. The van der Waals surface area contributed by atoms with Crippen LogP contribution >= 0.6 is 0 Å². The van der Waals surface area contributed by atoms with E-state index in [1.54, 1.807) is 24.3 Å². The van der Waals surface area contributed by atoms with Gasteiger partial charge in [-0.25, -0.2) is 14.1 Å². The molecule has 0 saturated carbocycles. The van der Waals surface area contributed by atoms with E-state index in [1.165, 1.54) is 29.2 Å². The van der Waals surface area contributed by atoms with Crippen LogP contribution < -0.4 is 9.80 Å². The van der Waals surface area contributed by atoms with Gasteiger partial charge in [-0.15, -0.1) is 0 Å². The van der Waals surface area contributed by atoms with E-state index in [1.807, 2.05) is 6.07 Å². The maximum atomic E-state index is 12.9. The highest BCUT2D eigenvalue weighted by Gasteiger charge is 2.37. The molecule has 1 fully saturated rings. The zero-order valence-electron chi connectivity index (χ0n) is 10.5. The third kappa shape index (κ3) is 2.03. The van der Waals surface area contributed by atoms with Crippen molar-refractivity contribution in [3.63, 3.8) is 0 Å². The second kappa shape index (κ2) is 4.77. The molecule has 0 N–H and O–H groups in total. The van der Waals surface area contributed by atoms with Crippen molar-refractivity contribution in [2.45, 2.75) is 0 Å². The Balaban J connectivity index is 1.93. The summed E-state index contributed by atoms with van der Waals surface area (Å²) in [5.41, 5.74) is 1.04. The van der Waals surface area contributed by atoms with Gasteiger partial charge in [0, 0.05) is 5.69 Å². The molecule has 0 aliphatic carbocycles. The Hall–Kier alpha value is -2.69. The minimum Gasteiger partial charge on any atom is -0.284 e. The number of urea groups is 1. The number of rotatable bonds is 2. The number of para-hydroxylation sites is 1. The minimum absolute atomic E-state index is 0.0137. The molecule has 0 radical (unpaired) electrons. The number of anilines is 2. The average Bonchev–Trinajstić information content (AvgIpc) is 2.76. The Kier molecular flexibility index (Phi) is 2.95. The number of amides is 3. The van der Waals surface area contributed by atoms with Crippen LogP contribution in [0.4, 0.5) is 20.6 Å². The van der Waals surface area contributed by atoms with Crippen LogP contribution in [-0.4, -0.2) is 18.5 Å². The minimum atomic E-state index is -0.423. The number of imide groups is 1. The molecule has 100 valence electrons. The first-order valence-corrected chi connectivity index (χ1v) is 6.12. The van der Waals surface area contributed by atoms with E-state index in [0.717, 1.165) is 4.90 Å². The van der Waals surface area contributed by atoms with Gasteiger partial charge in [0.2, 0.25) is 0 Å². The highest BCUT2D eigenvalue weighted by molar-refractivity contribution is 6.26. The van der Waals surface area contributed by atoms with Gasteiger partial charge in [0.05, 0.1) is 5.69 Å². The molecule has 0 bridgehead atoms. The lowest BCUT2D eigenvalue weighted by molar-refractivity contribution is -0.115. The molecular weight excluding hydrogens is 259 g/mol. The first-order chi connectivity index (χ1) is 9.66. The summed E-state index contributed by atoms with van der Waals surface area (Å²) < 4.78 is 12.9. The molecular formula is C15H11FN2O2. The Morgan fingerprint density at radius 2 is 1.50 bits per heavy atom. The van der Waals surface area contributed by atoms with Crippen LogP contribution in [0.15, 0.2) is 54.6 Å². The van der Waals surface area contributed by atoms with E-state index in [9.17, 15) is 14.0 Å². The summed E-state index contributed by atoms with van der Waals surface area (Å²) in [4.78, 5) is 26.8. The molecule has 2 aromatic rings. The van der Waals surface area contributed by atoms with Crippen molar-refractivity contribution in [1.29, 1.82) is 0 Å². The predicted molar refractivity (Wildman–Crippen MR) is 73.1 cm³/mol. The molecule has 4 nitrogen and oxygen atoms in total. The number of halogens is 1. The Morgan fingerprint density at radius 1 is 0.850 bits per heavy atom. The molecule has 1 aliphatic heterocycles. The standard InChI is InChI=1S/C15H11FN2O2/c16-11-6-8-13(9-7-11)18-14(19)10-17(15(18)20)12-4-2-1-3-5-12/h1-9H,10H2. The molecule has 5 heteroatoms. The van der Waals surface area contributed by atoms with Crippen LogP contribution in [0.1, 0.15) is 0 Å². The monoisotopic (exact) mass is 270 g/mol. The maximum Gasteiger partial charge on any atom is 0.336 e. The lowest BCUT2D eigenvalue weighted by Crippen LogP contribution is -2.32. The number of carbonyl (C=O) groups is 2. The normalized spacial score (nSPS) is 15.1. The van der Waals surface area contributed by atoms with Gasteiger partial charge in [-0.05, 0) is 36.4 Å². The highest BCUT2D eigenvalue weighted by atomic mass is 19.1. The fourth-order valence-corrected chi connectivity index (χ4v) is 2.16. The van der Waals surface area contributed by atoms with Crippen molar-refractivity contribution >= 4 is 23.3 Å². The van der Waals surface area contributed by atoms with Crippen LogP contribution in [0, 0.1) is 5.82 Å². The van der Waals surface area contributed by atoms with Crippen molar-refractivity contribution in [1.82, 2.24) is 0 Å². The molecule has 1 saturated heterocycles. The Bertz CT molecular complexity index is 655. The third-order valence-electron chi connectivity index (χ3n) is 3.12. The van der Waals surface area contributed by atoms with Crippen LogP contribution in [0.2, 0.25) is 0 Å². The van der Waals surface area contributed by atoms with Gasteiger partial charge in [0.1, 0.15) is 12.4 Å². The topological polar surface area (TPSA) is 40.6 Å². The van der Waals surface area contributed by atoms with Gasteiger partial charge in [-0.1, -0.05) is 18.2 Å². The van der Waals surface area contributed by atoms with Crippen molar-refractivity contribution in [3.05, 3.63) is 60.4 Å². The molecule has 3 rings (SSSR count). The second-order valence-corrected chi connectivity index (χ2v) is 4.41. The molecule has 0 spiro atoms. The molecule has 2 aromatic carbocycles. The summed E-state index contributed by atoms with van der Waals surface area (Å²) in [6, 6.07) is 13.8. The van der Waals surface area contributed by atoms with Crippen LogP contribution in [-0.2, 0) is 4.79 Å². The van der Waals surface area contributed by atoms with E-state index in [0.29, 0.717) is 11.4 Å². The maximum absolute atomic E-state index is 12.9. The van der Waals surface area contributed by atoms with Gasteiger partial charge in [-0.3, -0.25) is 9.69 Å². The summed E-state index contributed by atoms with van der Waals surface area (Å²) >= 11 is 0. The van der Waals surface area contributed by atoms with E-state index in [4.69, 9.17) is 0 Å². The van der Waals surface area contributed by atoms with E-state index in [-0.39, 0.29) is 12.5 Å². The van der Waals surface area contributed by atoms with Crippen molar-refractivity contribution in [2.24, 2.45) is 0 Å². The number of nitrogens with zero attached hydrogens (tertiary/aromatic N) is 2. The van der Waals surface area contributed by atoms with Crippen LogP contribution in [0.3, 0.4) is 0 Å². The molecule has 1 heterocycles. The van der Waals surface area contributed by atoms with Crippen molar-refractivity contribution in [2.75, 3.05) is 16.3 Å². The quantitative estimate of drug-likeness (QED) is 0.787. The van der Waals surface area contributed by atoms with Gasteiger partial charge in [-0.2, -0.15) is 0 Å². The van der Waals surface area contributed by atoms with Gasteiger partial charge < -0.3 is 0 Å². The van der Waals surface area contributed by atoms with Gasteiger partial charge >= 0.3 is 6.03 Å². The number of carbonyl (C=O) groups excluding carboxylic acids is 2. The first-order valence-electron chi connectivity index (χ1n) is 6.12. The highest BCUT2D eigenvalue weighted by Crippen LogP contribution is 2.25. The lowest BCUT2D eigenvalue weighted by atomic mass is 10.3. The van der Waals surface area contributed by atoms with Crippen molar-refractivity contribution in [3.8, 4) is 0 Å². The molecule has 3 amide bonds. The molecule has 1 aliphatic rings. The van der Waals surface area contributed by atoms with Gasteiger partial charge in [0.15, 0.2) is 0 Å². The third-order valence-corrected chi connectivity index (χ3v) is 3.12. The molecule has 20 heavy (non-hydrogen) atoms. The molecule has 0 atom stereocenters. The summed E-state index contributed by atoms with van der Waals surface area (Å²) in [5, 5.41) is 0. The van der Waals surface area contributed by atoms with Gasteiger partial charge in [0.25, 0.3) is 5.91 Å². The van der Waals surface area contributed by atoms with Crippen molar-refractivity contribution < 1.29 is 14.0 Å². The zero-order chi connectivity index (χ0) is 14.1. The Labute approximate surface area is 115 Å². The zero-order valence-corrected chi connectivity index (χ0v) is 10.5. The smallest absolute Gasteiger partial charge is 0.284 e. The Morgan fingerprint density at radius 3 is 2.15 bits per heavy atom. The summed E-state index contributed by atoms with van der Waals surface area (Å²) in [6.45, 7) is -0.0137. The SMILES string of the molecule is O=C1CN(c2ccccc2)C(=O)N1c1ccc(F)cc1. The number of hydrogen-bond donors (Lipinski definition) is 0. The summed E-state index contributed by atoms with van der Waals surface area (Å²) in [5.74, 6) is -0.738. The largest absolute Gasteiger partial charge is 0.336 e. The lowest BCUT2D eigenvalue weighted by Gasteiger charge is -2.17. The fraction of sp³-hybridized carbons (Fsp3) is 0.0667. The second-order valence-electron chi connectivity index (χ2n) is 4.41. The van der Waals surface area contributed by atoms with E-state index >= 15 is 0 Å². The van der Waals surface area contributed by atoms with Crippen LogP contribution in [0.25, 0.3) is 0 Å². The first kappa shape index (κ1) is 12.3. The van der Waals surface area contributed by atoms with Crippen LogP contribution in [0.5, 0.6) is 0 Å². The van der Waals surface area contributed by atoms with E-state index in [2.05, 4.69) is 0 Å². The number of hydrogen-bond acceptors (Lipinski definition) is 2.